The molecule has 0 saturated heterocycles. The largest absolute Gasteiger partial charge is 0.273 e. The topological polar surface area (TPSA) is 76.9 Å². The van der Waals surface area contributed by atoms with Crippen molar-refractivity contribution in [2.75, 3.05) is 4.72 Å². The minimum absolute atomic E-state index is 0.156. The predicted octanol–water partition coefficient (Wildman–Crippen LogP) is 1.64. The van der Waals surface area contributed by atoms with Crippen molar-refractivity contribution in [2.24, 2.45) is 7.05 Å². The summed E-state index contributed by atoms with van der Waals surface area (Å²) in [6.45, 7) is 1.75. The summed E-state index contributed by atoms with van der Waals surface area (Å²) in [5, 5.41) is 3.77. The van der Waals surface area contributed by atoms with Gasteiger partial charge in [0.15, 0.2) is 0 Å². The van der Waals surface area contributed by atoms with Crippen molar-refractivity contribution >= 4 is 38.9 Å². The Morgan fingerprint density at radius 1 is 1.53 bits per heavy atom. The quantitative estimate of drug-likeness (QED) is 0.933. The van der Waals surface area contributed by atoms with Crippen LogP contribution < -0.4 is 4.72 Å². The molecule has 0 saturated carbocycles. The van der Waals surface area contributed by atoms with Crippen molar-refractivity contribution in [1.82, 2.24) is 14.8 Å². The van der Waals surface area contributed by atoms with Crippen LogP contribution in [0.2, 0.25) is 4.34 Å². The number of thiophene rings is 1. The highest BCUT2D eigenvalue weighted by Gasteiger charge is 2.20. The Morgan fingerprint density at radius 2 is 2.24 bits per heavy atom. The van der Waals surface area contributed by atoms with E-state index in [-0.39, 0.29) is 10.2 Å². The Kier molecular flexibility index (Phi) is 3.11. The molecule has 9 heteroatoms. The lowest BCUT2D eigenvalue weighted by molar-refractivity contribution is 0.602. The molecule has 0 spiro atoms. The van der Waals surface area contributed by atoms with Crippen molar-refractivity contribution in [3.8, 4) is 0 Å². The Bertz CT molecular complexity index is 627. The molecule has 0 radical (unpaired) electrons. The lowest BCUT2D eigenvalue weighted by atomic mass is 10.4. The maximum Gasteiger partial charge on any atom is 0.273 e. The van der Waals surface area contributed by atoms with Gasteiger partial charge in [-0.3, -0.25) is 0 Å². The molecule has 2 aromatic rings. The Balaban J connectivity index is 2.35. The molecule has 0 aliphatic rings. The molecular weight excluding hydrogens is 284 g/mol. The Labute approximate surface area is 107 Å². The molecule has 6 nitrogen and oxygen atoms in total. The zero-order valence-corrected chi connectivity index (χ0v) is 11.4. The maximum atomic E-state index is 12.0. The van der Waals surface area contributed by atoms with E-state index in [4.69, 9.17) is 11.6 Å². The standard InChI is InChI=1S/C8H9ClN4O2S2/c1-5-3-6(16-7(5)9)17(14,15)12-8-10-4-11-13(8)2/h3-4H,1-2H3,(H,10,11,12). The number of hydrogen-bond donors (Lipinski definition) is 1. The summed E-state index contributed by atoms with van der Waals surface area (Å²) in [4.78, 5) is 3.79. The van der Waals surface area contributed by atoms with Crippen LogP contribution in [-0.2, 0) is 17.1 Å². The van der Waals surface area contributed by atoms with Crippen LogP contribution in [0.25, 0.3) is 0 Å². The lowest BCUT2D eigenvalue weighted by Gasteiger charge is -2.03. The second-order valence-electron chi connectivity index (χ2n) is 3.33. The van der Waals surface area contributed by atoms with Gasteiger partial charge in [0, 0.05) is 7.05 Å². The number of hydrogen-bond acceptors (Lipinski definition) is 5. The minimum Gasteiger partial charge on any atom is -0.247 e. The van der Waals surface area contributed by atoms with Gasteiger partial charge in [0.05, 0.1) is 4.34 Å². The van der Waals surface area contributed by atoms with Gasteiger partial charge in [-0.1, -0.05) is 11.6 Å². The molecule has 0 amide bonds. The summed E-state index contributed by atoms with van der Waals surface area (Å²) < 4.78 is 28.2. The number of anilines is 1. The molecule has 2 aromatic heterocycles. The first kappa shape index (κ1) is 12.3. The number of aromatic nitrogens is 3. The molecule has 92 valence electrons. The normalized spacial score (nSPS) is 11.7. The third-order valence-electron chi connectivity index (χ3n) is 2.04. The molecule has 1 N–H and O–H groups in total. The van der Waals surface area contributed by atoms with E-state index in [2.05, 4.69) is 14.8 Å². The van der Waals surface area contributed by atoms with Gasteiger partial charge in [-0.2, -0.15) is 10.1 Å². The molecule has 0 unspecified atom stereocenters. The Hall–Kier alpha value is -1.12. The minimum atomic E-state index is -3.65. The molecule has 0 aromatic carbocycles. The van der Waals surface area contributed by atoms with Crippen LogP contribution in [0, 0.1) is 6.92 Å². The molecule has 2 heterocycles. The van der Waals surface area contributed by atoms with E-state index in [1.54, 1.807) is 14.0 Å². The predicted molar refractivity (Wildman–Crippen MR) is 65.9 cm³/mol. The maximum absolute atomic E-state index is 12.0. The number of halogens is 1. The average Bonchev–Trinajstić information content (AvgIpc) is 2.76. The van der Waals surface area contributed by atoms with Gasteiger partial charge < -0.3 is 0 Å². The highest BCUT2D eigenvalue weighted by molar-refractivity contribution is 7.94. The average molecular weight is 293 g/mol. The molecule has 0 bridgehead atoms. The fourth-order valence-electron chi connectivity index (χ4n) is 1.12. The first-order valence-corrected chi connectivity index (χ1v) is 7.20. The van der Waals surface area contributed by atoms with Gasteiger partial charge in [0.1, 0.15) is 10.5 Å². The van der Waals surface area contributed by atoms with Gasteiger partial charge in [-0.05, 0) is 18.6 Å². The second kappa shape index (κ2) is 4.28. The Morgan fingerprint density at radius 3 is 2.71 bits per heavy atom. The van der Waals surface area contributed by atoms with Crippen LogP contribution in [-0.4, -0.2) is 23.2 Å². The van der Waals surface area contributed by atoms with Crippen molar-refractivity contribution in [3.05, 3.63) is 22.3 Å². The summed E-state index contributed by atoms with van der Waals surface area (Å²) in [6, 6.07) is 1.52. The van der Waals surface area contributed by atoms with Gasteiger partial charge in [-0.15, -0.1) is 11.3 Å². The van der Waals surface area contributed by atoms with Gasteiger partial charge in [0.2, 0.25) is 5.95 Å². The molecular formula is C8H9ClN4O2S2. The number of aryl methyl sites for hydroxylation is 2. The summed E-state index contributed by atoms with van der Waals surface area (Å²) >= 11 is 6.85. The first-order chi connectivity index (χ1) is 7.90. The number of nitrogens with one attached hydrogen (secondary N) is 1. The summed E-state index contributed by atoms with van der Waals surface area (Å²) in [5.41, 5.74) is 0.731. The second-order valence-corrected chi connectivity index (χ2v) is 6.90. The zero-order valence-electron chi connectivity index (χ0n) is 9.01. The van der Waals surface area contributed by atoms with Crippen LogP contribution in [0.4, 0.5) is 5.95 Å². The molecule has 0 atom stereocenters. The lowest BCUT2D eigenvalue weighted by Crippen LogP contribution is -2.15. The molecule has 17 heavy (non-hydrogen) atoms. The van der Waals surface area contributed by atoms with Crippen molar-refractivity contribution < 1.29 is 8.42 Å². The van der Waals surface area contributed by atoms with Gasteiger partial charge in [0.25, 0.3) is 10.0 Å². The fraction of sp³-hybridized carbons (Fsp3) is 0.250. The smallest absolute Gasteiger partial charge is 0.247 e. The first-order valence-electron chi connectivity index (χ1n) is 4.53. The summed E-state index contributed by atoms with van der Waals surface area (Å²) in [7, 11) is -2.05. The van der Waals surface area contributed by atoms with E-state index in [1.807, 2.05) is 0 Å². The number of sulfonamides is 1. The van der Waals surface area contributed by atoms with E-state index in [0.717, 1.165) is 16.9 Å². The van der Waals surface area contributed by atoms with E-state index in [0.29, 0.717) is 4.34 Å². The molecule has 2 rings (SSSR count). The summed E-state index contributed by atoms with van der Waals surface area (Å²) in [6.07, 6.45) is 1.27. The zero-order chi connectivity index (χ0) is 12.6. The van der Waals surface area contributed by atoms with Gasteiger partial charge in [-0.25, -0.2) is 17.8 Å². The molecule has 0 fully saturated rings. The molecule has 0 aliphatic heterocycles. The monoisotopic (exact) mass is 292 g/mol. The van der Waals surface area contributed by atoms with Crippen LogP contribution >= 0.6 is 22.9 Å². The van der Waals surface area contributed by atoms with Crippen LogP contribution in [0.15, 0.2) is 16.6 Å². The SMILES string of the molecule is Cc1cc(S(=O)(=O)Nc2ncnn2C)sc1Cl. The van der Waals surface area contributed by atoms with Crippen LogP contribution in [0.5, 0.6) is 0 Å². The van der Waals surface area contributed by atoms with Crippen molar-refractivity contribution in [3.63, 3.8) is 0 Å². The van der Waals surface area contributed by atoms with E-state index in [1.165, 1.54) is 17.1 Å². The third kappa shape index (κ3) is 2.43. The van der Waals surface area contributed by atoms with Crippen molar-refractivity contribution in [2.45, 2.75) is 11.1 Å². The number of nitrogens with zero attached hydrogens (tertiary/aromatic N) is 3. The highest BCUT2D eigenvalue weighted by Crippen LogP contribution is 2.30. The summed E-state index contributed by atoms with van der Waals surface area (Å²) in [5.74, 6) is 0.159. The van der Waals surface area contributed by atoms with Crippen LogP contribution in [0.1, 0.15) is 5.56 Å². The molecule has 0 aliphatic carbocycles. The van der Waals surface area contributed by atoms with E-state index < -0.39 is 10.0 Å². The fourth-order valence-corrected chi connectivity index (χ4v) is 3.87. The van der Waals surface area contributed by atoms with Crippen LogP contribution in [0.3, 0.4) is 0 Å². The highest BCUT2D eigenvalue weighted by atomic mass is 35.5. The van der Waals surface area contributed by atoms with Gasteiger partial charge >= 0.3 is 0 Å². The number of rotatable bonds is 3. The van der Waals surface area contributed by atoms with E-state index >= 15 is 0 Å². The van der Waals surface area contributed by atoms with Crippen molar-refractivity contribution in [1.29, 1.82) is 0 Å². The van der Waals surface area contributed by atoms with E-state index in [9.17, 15) is 8.42 Å². The third-order valence-corrected chi connectivity index (χ3v) is 5.39.